The molecule has 6 nitrogen and oxygen atoms in total. The number of anilines is 2. The lowest BCUT2D eigenvalue weighted by molar-refractivity contribution is 0.0751. The van der Waals surface area contributed by atoms with Gasteiger partial charge in [-0.15, -0.1) is 21.5 Å². The third-order valence-corrected chi connectivity index (χ3v) is 6.05. The monoisotopic (exact) mass is 371 g/mol. The van der Waals surface area contributed by atoms with Gasteiger partial charge in [-0.2, -0.15) is 0 Å². The van der Waals surface area contributed by atoms with Gasteiger partial charge < -0.3 is 14.7 Å². The Labute approximate surface area is 158 Å². The molecule has 0 aromatic carbocycles. The van der Waals surface area contributed by atoms with Crippen LogP contribution in [0.2, 0.25) is 0 Å². The highest BCUT2D eigenvalue weighted by Crippen LogP contribution is 2.20. The summed E-state index contributed by atoms with van der Waals surface area (Å²) in [6.45, 7) is 5.22. The van der Waals surface area contributed by atoms with Crippen LogP contribution in [0.5, 0.6) is 0 Å². The first kappa shape index (κ1) is 17.3. The standard InChI is InChI=1S/C19H25N5OS/c25-19(16-6-5-15-26-16)24-13-11-23(12-14-24)18-8-7-17(20-21-18)22-9-3-1-2-4-10-22/h5-8,15H,1-4,9-14H2. The van der Waals surface area contributed by atoms with Crippen molar-refractivity contribution >= 4 is 28.9 Å². The Hall–Kier alpha value is -2.15. The number of hydrogen-bond donors (Lipinski definition) is 0. The normalized spacial score (nSPS) is 18.7. The number of hydrogen-bond acceptors (Lipinski definition) is 6. The van der Waals surface area contributed by atoms with Gasteiger partial charge in [0.1, 0.15) is 0 Å². The van der Waals surface area contributed by atoms with Crippen LogP contribution < -0.4 is 9.80 Å². The second kappa shape index (κ2) is 8.03. The molecule has 2 saturated heterocycles. The van der Waals surface area contributed by atoms with Crippen molar-refractivity contribution in [2.45, 2.75) is 25.7 Å². The van der Waals surface area contributed by atoms with E-state index in [1.807, 2.05) is 22.4 Å². The van der Waals surface area contributed by atoms with Crippen molar-refractivity contribution in [1.82, 2.24) is 15.1 Å². The van der Waals surface area contributed by atoms with Crippen LogP contribution in [0.3, 0.4) is 0 Å². The van der Waals surface area contributed by atoms with Crippen molar-refractivity contribution in [3.05, 3.63) is 34.5 Å². The zero-order chi connectivity index (χ0) is 17.8. The van der Waals surface area contributed by atoms with E-state index < -0.39 is 0 Å². The zero-order valence-corrected chi connectivity index (χ0v) is 15.8. The van der Waals surface area contributed by atoms with E-state index in [4.69, 9.17) is 0 Å². The summed E-state index contributed by atoms with van der Waals surface area (Å²) in [6.07, 6.45) is 5.11. The summed E-state index contributed by atoms with van der Waals surface area (Å²) in [5.41, 5.74) is 0. The number of amides is 1. The molecular formula is C19H25N5OS. The van der Waals surface area contributed by atoms with Crippen LogP contribution in [0.1, 0.15) is 35.4 Å². The van der Waals surface area contributed by atoms with Gasteiger partial charge in [-0.3, -0.25) is 4.79 Å². The predicted octanol–water partition coefficient (Wildman–Crippen LogP) is 2.88. The zero-order valence-electron chi connectivity index (χ0n) is 15.0. The fourth-order valence-corrected chi connectivity index (χ4v) is 4.34. The van der Waals surface area contributed by atoms with Crippen LogP contribution in [0, 0.1) is 0 Å². The molecule has 2 aliphatic heterocycles. The van der Waals surface area contributed by atoms with Crippen LogP contribution >= 0.6 is 11.3 Å². The first-order valence-electron chi connectivity index (χ1n) is 9.48. The fourth-order valence-electron chi connectivity index (χ4n) is 3.65. The van der Waals surface area contributed by atoms with Crippen LogP contribution in [0.15, 0.2) is 29.6 Å². The molecule has 4 rings (SSSR count). The summed E-state index contributed by atoms with van der Waals surface area (Å²) in [6, 6.07) is 7.99. The molecule has 26 heavy (non-hydrogen) atoms. The molecule has 0 unspecified atom stereocenters. The third kappa shape index (κ3) is 3.82. The van der Waals surface area contributed by atoms with E-state index in [9.17, 15) is 4.79 Å². The van der Waals surface area contributed by atoms with Gasteiger partial charge >= 0.3 is 0 Å². The molecule has 2 aliphatic rings. The Morgan fingerprint density at radius 3 is 1.96 bits per heavy atom. The lowest BCUT2D eigenvalue weighted by Gasteiger charge is -2.35. The van der Waals surface area contributed by atoms with E-state index in [0.29, 0.717) is 0 Å². The number of thiophene rings is 1. The highest BCUT2D eigenvalue weighted by atomic mass is 32.1. The topological polar surface area (TPSA) is 52.6 Å². The molecule has 2 aromatic rings. The van der Waals surface area contributed by atoms with E-state index in [1.165, 1.54) is 37.0 Å². The smallest absolute Gasteiger partial charge is 0.264 e. The van der Waals surface area contributed by atoms with E-state index in [2.05, 4.69) is 32.1 Å². The summed E-state index contributed by atoms with van der Waals surface area (Å²) >= 11 is 1.51. The minimum Gasteiger partial charge on any atom is -0.355 e. The molecule has 0 N–H and O–H groups in total. The van der Waals surface area contributed by atoms with Gasteiger partial charge in [0.15, 0.2) is 11.6 Å². The van der Waals surface area contributed by atoms with Gasteiger partial charge in [-0.05, 0) is 36.4 Å². The molecule has 0 spiro atoms. The van der Waals surface area contributed by atoms with E-state index >= 15 is 0 Å². The quantitative estimate of drug-likeness (QED) is 0.830. The summed E-state index contributed by atoms with van der Waals surface area (Å²) in [7, 11) is 0. The summed E-state index contributed by atoms with van der Waals surface area (Å²) in [5.74, 6) is 2.04. The van der Waals surface area contributed by atoms with Crippen LogP contribution in [-0.2, 0) is 0 Å². The van der Waals surface area contributed by atoms with Gasteiger partial charge in [0.05, 0.1) is 4.88 Å². The Morgan fingerprint density at radius 1 is 0.808 bits per heavy atom. The molecule has 2 fully saturated rings. The number of carbonyl (C=O) groups excluding carboxylic acids is 1. The molecule has 7 heteroatoms. The molecule has 0 aliphatic carbocycles. The Kier molecular flexibility index (Phi) is 5.34. The highest BCUT2D eigenvalue weighted by molar-refractivity contribution is 7.12. The molecular weight excluding hydrogens is 346 g/mol. The summed E-state index contributed by atoms with van der Waals surface area (Å²) < 4.78 is 0. The lowest BCUT2D eigenvalue weighted by Crippen LogP contribution is -2.49. The maximum atomic E-state index is 12.4. The van der Waals surface area contributed by atoms with Gasteiger partial charge in [-0.25, -0.2) is 0 Å². The van der Waals surface area contributed by atoms with E-state index in [0.717, 1.165) is 55.8 Å². The molecule has 0 bridgehead atoms. The van der Waals surface area contributed by atoms with Crippen molar-refractivity contribution < 1.29 is 4.79 Å². The predicted molar refractivity (Wildman–Crippen MR) is 105 cm³/mol. The Bertz CT molecular complexity index is 702. The number of rotatable bonds is 3. The van der Waals surface area contributed by atoms with Gasteiger partial charge in [0.25, 0.3) is 5.91 Å². The maximum Gasteiger partial charge on any atom is 0.264 e. The number of aromatic nitrogens is 2. The third-order valence-electron chi connectivity index (χ3n) is 5.19. The molecule has 0 atom stereocenters. The first-order chi connectivity index (χ1) is 12.8. The lowest BCUT2D eigenvalue weighted by atomic mass is 10.2. The summed E-state index contributed by atoms with van der Waals surface area (Å²) in [5, 5.41) is 10.9. The van der Waals surface area contributed by atoms with Crippen LogP contribution in [0.4, 0.5) is 11.6 Å². The number of nitrogens with zero attached hydrogens (tertiary/aromatic N) is 5. The van der Waals surface area contributed by atoms with Crippen molar-refractivity contribution in [2.75, 3.05) is 49.1 Å². The molecule has 1 amide bonds. The molecule has 0 saturated carbocycles. The first-order valence-corrected chi connectivity index (χ1v) is 10.4. The van der Waals surface area contributed by atoms with Crippen molar-refractivity contribution in [2.24, 2.45) is 0 Å². The molecule has 0 radical (unpaired) electrons. The minimum atomic E-state index is 0.141. The average molecular weight is 372 g/mol. The molecule has 2 aromatic heterocycles. The van der Waals surface area contributed by atoms with Crippen molar-refractivity contribution in [1.29, 1.82) is 0 Å². The highest BCUT2D eigenvalue weighted by Gasteiger charge is 2.23. The Balaban J connectivity index is 1.35. The van der Waals surface area contributed by atoms with Crippen molar-refractivity contribution in [3.63, 3.8) is 0 Å². The van der Waals surface area contributed by atoms with Gasteiger partial charge in [-0.1, -0.05) is 18.9 Å². The van der Waals surface area contributed by atoms with Gasteiger partial charge in [0.2, 0.25) is 0 Å². The molecule has 4 heterocycles. The van der Waals surface area contributed by atoms with E-state index in [1.54, 1.807) is 0 Å². The summed E-state index contributed by atoms with van der Waals surface area (Å²) in [4.78, 5) is 19.8. The second-order valence-corrected chi connectivity index (χ2v) is 7.86. The molecule has 138 valence electrons. The number of piperazine rings is 1. The maximum absolute atomic E-state index is 12.4. The Morgan fingerprint density at radius 2 is 1.42 bits per heavy atom. The van der Waals surface area contributed by atoms with Crippen LogP contribution in [-0.4, -0.2) is 60.3 Å². The van der Waals surface area contributed by atoms with Gasteiger partial charge in [0, 0.05) is 39.3 Å². The second-order valence-electron chi connectivity index (χ2n) is 6.91. The SMILES string of the molecule is O=C(c1cccs1)N1CCN(c2ccc(N3CCCCCC3)nn2)CC1. The van der Waals surface area contributed by atoms with E-state index in [-0.39, 0.29) is 5.91 Å². The minimum absolute atomic E-state index is 0.141. The average Bonchev–Trinajstić information content (AvgIpc) is 3.10. The number of carbonyl (C=O) groups is 1. The van der Waals surface area contributed by atoms with Crippen molar-refractivity contribution in [3.8, 4) is 0 Å². The fraction of sp³-hybridized carbons (Fsp3) is 0.526. The van der Waals surface area contributed by atoms with Crippen LogP contribution in [0.25, 0.3) is 0 Å². The largest absolute Gasteiger partial charge is 0.355 e.